The minimum Gasteiger partial charge on any atom is -0.324 e. The molecule has 4 aliphatic heterocycles. The summed E-state index contributed by atoms with van der Waals surface area (Å²) in [5.74, 6) is -3.60. The highest BCUT2D eigenvalue weighted by molar-refractivity contribution is 6.36. The zero-order valence-corrected chi connectivity index (χ0v) is 19.6. The van der Waals surface area contributed by atoms with Crippen LogP contribution in [0, 0.1) is 25.7 Å². The monoisotopic (exact) mass is 503 g/mol. The average Bonchev–Trinajstić information content (AvgIpc) is 3.50. The van der Waals surface area contributed by atoms with Gasteiger partial charge in [0.05, 0.1) is 28.1 Å². The lowest BCUT2D eigenvalue weighted by molar-refractivity contribution is -0.137. The number of aryl methyl sites for hydroxylation is 1. The Bertz CT molecular complexity index is 1340. The van der Waals surface area contributed by atoms with Crippen molar-refractivity contribution in [3.8, 4) is 0 Å². The number of anilines is 2. The summed E-state index contributed by atoms with van der Waals surface area (Å²) in [5, 5.41) is 2.82. The molecule has 4 heterocycles. The summed E-state index contributed by atoms with van der Waals surface area (Å²) < 4.78 is 40.3. The highest BCUT2D eigenvalue weighted by Crippen LogP contribution is 2.61. The first-order valence-corrected chi connectivity index (χ1v) is 11.8. The average molecular weight is 504 g/mol. The quantitative estimate of drug-likeness (QED) is 0.585. The first-order chi connectivity index (χ1) is 16.5. The summed E-state index contributed by atoms with van der Waals surface area (Å²) in [5.41, 5.74) is 0.419. The zero-order valence-electron chi connectivity index (χ0n) is 18.9. The molecule has 182 valence electrons. The van der Waals surface area contributed by atoms with Crippen molar-refractivity contribution in [2.45, 2.75) is 44.4 Å². The maximum atomic E-state index is 14.0. The van der Waals surface area contributed by atoms with Crippen LogP contribution in [0.3, 0.4) is 0 Å². The first-order valence-electron chi connectivity index (χ1n) is 11.4. The molecule has 6 rings (SSSR count). The molecule has 1 N–H and O–H groups in total. The third-order valence-electron chi connectivity index (χ3n) is 8.21. The van der Waals surface area contributed by atoms with Gasteiger partial charge in [0.25, 0.3) is 0 Å². The minimum atomic E-state index is -4.68. The third-order valence-corrected chi connectivity index (χ3v) is 8.53. The van der Waals surface area contributed by atoms with E-state index in [-0.39, 0.29) is 22.7 Å². The highest BCUT2D eigenvalue weighted by atomic mass is 35.5. The lowest BCUT2D eigenvalue weighted by Gasteiger charge is -2.36. The predicted octanol–water partition coefficient (Wildman–Crippen LogP) is 4.41. The van der Waals surface area contributed by atoms with Gasteiger partial charge < -0.3 is 5.32 Å². The van der Waals surface area contributed by atoms with Crippen molar-refractivity contribution in [1.29, 1.82) is 0 Å². The number of amides is 3. The van der Waals surface area contributed by atoms with E-state index < -0.39 is 40.9 Å². The Labute approximate surface area is 204 Å². The lowest BCUT2D eigenvalue weighted by Crippen LogP contribution is -2.54. The van der Waals surface area contributed by atoms with Crippen molar-refractivity contribution >= 4 is 40.7 Å². The van der Waals surface area contributed by atoms with E-state index in [2.05, 4.69) is 5.32 Å². The summed E-state index contributed by atoms with van der Waals surface area (Å²) in [6.45, 7) is 4.35. The van der Waals surface area contributed by atoms with Gasteiger partial charge in [-0.2, -0.15) is 13.2 Å². The van der Waals surface area contributed by atoms with Gasteiger partial charge in [-0.1, -0.05) is 23.7 Å². The molecule has 0 unspecified atom stereocenters. The fraction of sp³-hybridized carbons (Fsp3) is 0.400. The van der Waals surface area contributed by atoms with Gasteiger partial charge in [-0.25, -0.2) is 4.90 Å². The van der Waals surface area contributed by atoms with Crippen LogP contribution >= 0.6 is 11.6 Å². The number of fused-ring (bicyclic) bond motifs is 7. The molecule has 6 nitrogen and oxygen atoms in total. The van der Waals surface area contributed by atoms with Crippen molar-refractivity contribution in [1.82, 2.24) is 4.90 Å². The molecule has 4 atom stereocenters. The number of imide groups is 1. The highest BCUT2D eigenvalue weighted by Gasteiger charge is 2.74. The van der Waals surface area contributed by atoms with E-state index in [9.17, 15) is 27.6 Å². The SMILES string of the molecule is Cc1ccc2c(c1C)NC(=O)[C@@]21[C@@H]2C(=O)N(c3cc(C(F)(F)F)ccc3Cl)C(=O)[C@@H]2[C@H]2CCCN21. The number of carbonyl (C=O) groups excluding carboxylic acids is 3. The molecule has 3 fully saturated rings. The van der Waals surface area contributed by atoms with Crippen molar-refractivity contribution in [2.24, 2.45) is 11.8 Å². The van der Waals surface area contributed by atoms with Gasteiger partial charge in [-0.05, 0) is 62.6 Å². The molecule has 1 spiro atoms. The van der Waals surface area contributed by atoms with E-state index in [1.165, 1.54) is 0 Å². The molecule has 10 heteroatoms. The predicted molar refractivity (Wildman–Crippen MR) is 122 cm³/mol. The second-order valence-electron chi connectivity index (χ2n) is 9.73. The largest absolute Gasteiger partial charge is 0.416 e. The molecule has 3 saturated heterocycles. The van der Waals surface area contributed by atoms with Crippen LogP contribution in [0.15, 0.2) is 30.3 Å². The van der Waals surface area contributed by atoms with Crippen LogP contribution in [0.1, 0.15) is 35.1 Å². The van der Waals surface area contributed by atoms with Crippen LogP contribution in [0.25, 0.3) is 0 Å². The summed E-state index contributed by atoms with van der Waals surface area (Å²) in [7, 11) is 0. The molecule has 0 radical (unpaired) electrons. The summed E-state index contributed by atoms with van der Waals surface area (Å²) in [6.07, 6.45) is -3.32. The fourth-order valence-corrected chi connectivity index (χ4v) is 6.82. The Hall–Kier alpha value is -2.91. The van der Waals surface area contributed by atoms with E-state index >= 15 is 0 Å². The molecule has 0 bridgehead atoms. The van der Waals surface area contributed by atoms with Crippen molar-refractivity contribution < 1.29 is 27.6 Å². The Morgan fingerprint density at radius 2 is 1.83 bits per heavy atom. The van der Waals surface area contributed by atoms with Crippen LogP contribution < -0.4 is 10.2 Å². The molecule has 4 aliphatic rings. The molecule has 2 aromatic carbocycles. The van der Waals surface area contributed by atoms with Gasteiger partial charge >= 0.3 is 6.18 Å². The second kappa shape index (κ2) is 7.07. The van der Waals surface area contributed by atoms with Gasteiger partial charge in [0.15, 0.2) is 0 Å². The van der Waals surface area contributed by atoms with Crippen molar-refractivity contribution in [2.75, 3.05) is 16.8 Å². The van der Waals surface area contributed by atoms with E-state index in [1.807, 2.05) is 30.9 Å². The van der Waals surface area contributed by atoms with Crippen molar-refractivity contribution in [3.63, 3.8) is 0 Å². The normalized spacial score (nSPS) is 29.7. The maximum Gasteiger partial charge on any atom is 0.416 e. The molecular weight excluding hydrogens is 483 g/mol. The molecule has 35 heavy (non-hydrogen) atoms. The number of rotatable bonds is 1. The molecule has 2 aromatic rings. The number of alkyl halides is 3. The van der Waals surface area contributed by atoms with E-state index in [0.717, 1.165) is 40.6 Å². The molecular formula is C25H21ClF3N3O3. The maximum absolute atomic E-state index is 14.0. The number of nitrogens with zero attached hydrogens (tertiary/aromatic N) is 2. The number of carbonyl (C=O) groups is 3. The van der Waals surface area contributed by atoms with Crippen LogP contribution in [0.2, 0.25) is 5.02 Å². The van der Waals surface area contributed by atoms with Gasteiger partial charge in [-0.15, -0.1) is 0 Å². The van der Waals surface area contributed by atoms with Gasteiger partial charge in [0.1, 0.15) is 5.54 Å². The van der Waals surface area contributed by atoms with E-state index in [1.54, 1.807) is 0 Å². The fourth-order valence-electron chi connectivity index (χ4n) is 6.62. The summed E-state index contributed by atoms with van der Waals surface area (Å²) in [6, 6.07) is 5.92. The zero-order chi connectivity index (χ0) is 25.0. The Morgan fingerprint density at radius 1 is 1.09 bits per heavy atom. The number of hydrogen-bond acceptors (Lipinski definition) is 4. The summed E-state index contributed by atoms with van der Waals surface area (Å²) >= 11 is 6.22. The van der Waals surface area contributed by atoms with Crippen molar-refractivity contribution in [3.05, 3.63) is 57.6 Å². The molecule has 0 aliphatic carbocycles. The minimum absolute atomic E-state index is 0.139. The molecule has 0 saturated carbocycles. The van der Waals surface area contributed by atoms with Crippen LogP contribution in [0.5, 0.6) is 0 Å². The Balaban J connectivity index is 1.55. The second-order valence-corrected chi connectivity index (χ2v) is 10.1. The lowest BCUT2D eigenvalue weighted by atomic mass is 9.75. The number of benzene rings is 2. The molecule has 0 aromatic heterocycles. The number of nitrogens with one attached hydrogen (secondary N) is 1. The Kier molecular flexibility index (Phi) is 4.56. The third kappa shape index (κ3) is 2.68. The smallest absolute Gasteiger partial charge is 0.324 e. The standard InChI is InChI=1S/C25H21ClF3N3O3/c1-11-5-7-14-20(12(11)2)30-23(35)24(14)19-18(16-4-3-9-31(16)24)21(33)32(22(19)34)17-10-13(25(27,28)29)6-8-15(17)26/h5-8,10,16,18-19H,3-4,9H2,1-2H3,(H,30,35)/t16-,18-,19+,24+/m1/s1. The molecule has 3 amide bonds. The first kappa shape index (κ1) is 22.5. The van der Waals surface area contributed by atoms with E-state index in [4.69, 9.17) is 11.6 Å². The van der Waals surface area contributed by atoms with Gasteiger partial charge in [0.2, 0.25) is 17.7 Å². The topological polar surface area (TPSA) is 69.7 Å². The Morgan fingerprint density at radius 3 is 2.54 bits per heavy atom. The summed E-state index contributed by atoms with van der Waals surface area (Å²) in [4.78, 5) is 44.2. The van der Waals surface area contributed by atoms with Crippen LogP contribution in [-0.2, 0) is 26.1 Å². The van der Waals surface area contributed by atoms with Crippen LogP contribution in [0.4, 0.5) is 24.5 Å². The van der Waals surface area contributed by atoms with E-state index in [0.29, 0.717) is 24.2 Å². The number of halogens is 4. The van der Waals surface area contributed by atoms with Gasteiger partial charge in [0, 0.05) is 17.3 Å². The number of hydrogen-bond donors (Lipinski definition) is 1. The van der Waals surface area contributed by atoms with Crippen LogP contribution in [-0.4, -0.2) is 35.2 Å². The van der Waals surface area contributed by atoms with Gasteiger partial charge in [-0.3, -0.25) is 19.3 Å².